The molecule has 3 aliphatic carbocycles. The van der Waals surface area contributed by atoms with Gasteiger partial charge in [-0.1, -0.05) is 160 Å². The first-order valence-electron chi connectivity index (χ1n) is 19.8. The number of para-hydroxylation sites is 2. The van der Waals surface area contributed by atoms with Crippen molar-refractivity contribution < 1.29 is 0 Å². The Balaban J connectivity index is 1.21. The van der Waals surface area contributed by atoms with Gasteiger partial charge >= 0.3 is 0 Å². The summed E-state index contributed by atoms with van der Waals surface area (Å²) in [6, 6.07) is 64.9. The quantitative estimate of drug-likeness (QED) is 0.160. The molecule has 0 bridgehead atoms. The number of anilines is 3. The molecule has 1 nitrogen and oxygen atoms in total. The van der Waals surface area contributed by atoms with Crippen LogP contribution in [0.2, 0.25) is 0 Å². The van der Waals surface area contributed by atoms with Crippen molar-refractivity contribution in [1.82, 2.24) is 0 Å². The number of terminal acetylenes is 1. The average Bonchev–Trinajstić information content (AvgIpc) is 3.82. The zero-order chi connectivity index (χ0) is 38.5. The van der Waals surface area contributed by atoms with Crippen molar-refractivity contribution in [3.05, 3.63) is 227 Å². The predicted octanol–water partition coefficient (Wildman–Crippen LogP) is 14.1. The lowest BCUT2D eigenvalue weighted by atomic mass is 9.68. The van der Waals surface area contributed by atoms with E-state index < -0.39 is 5.41 Å². The molecule has 57 heavy (non-hydrogen) atoms. The van der Waals surface area contributed by atoms with E-state index in [-0.39, 0.29) is 5.41 Å². The fourth-order valence-electron chi connectivity index (χ4n) is 10.4. The Morgan fingerprint density at radius 1 is 0.474 bits per heavy atom. The molecule has 0 amide bonds. The second-order valence-corrected chi connectivity index (χ2v) is 16.0. The Morgan fingerprint density at radius 3 is 1.79 bits per heavy atom. The Hall–Kier alpha value is -7.14. The molecule has 0 fully saturated rings. The third-order valence-electron chi connectivity index (χ3n) is 12.9. The Morgan fingerprint density at radius 2 is 1.04 bits per heavy atom. The predicted molar refractivity (Wildman–Crippen MR) is 238 cm³/mol. The van der Waals surface area contributed by atoms with Crippen LogP contribution < -0.4 is 4.90 Å². The van der Waals surface area contributed by atoms with Crippen molar-refractivity contribution in [2.24, 2.45) is 0 Å². The van der Waals surface area contributed by atoms with E-state index in [0.717, 1.165) is 33.8 Å². The molecular weight excluding hydrogens is 687 g/mol. The average molecular weight is 726 g/mol. The zero-order valence-electron chi connectivity index (χ0n) is 32.1. The van der Waals surface area contributed by atoms with Gasteiger partial charge in [-0.15, -0.1) is 6.42 Å². The first-order valence-corrected chi connectivity index (χ1v) is 19.8. The lowest BCUT2D eigenvalue weighted by Gasteiger charge is -2.34. The summed E-state index contributed by atoms with van der Waals surface area (Å²) >= 11 is 0. The van der Waals surface area contributed by atoms with E-state index in [1.807, 2.05) is 6.08 Å². The molecule has 268 valence electrons. The van der Waals surface area contributed by atoms with Gasteiger partial charge < -0.3 is 4.90 Å². The number of hydrogen-bond donors (Lipinski definition) is 0. The van der Waals surface area contributed by atoms with Crippen molar-refractivity contribution in [3.8, 4) is 56.9 Å². The van der Waals surface area contributed by atoms with Gasteiger partial charge in [-0.25, -0.2) is 0 Å². The van der Waals surface area contributed by atoms with Crippen LogP contribution in [0.1, 0.15) is 58.4 Å². The maximum Gasteiger partial charge on any atom is 0.0732 e. The zero-order valence-corrected chi connectivity index (χ0v) is 32.1. The molecule has 1 unspecified atom stereocenters. The first-order chi connectivity index (χ1) is 27.9. The highest BCUT2D eigenvalue weighted by molar-refractivity contribution is 6.01. The maximum absolute atomic E-state index is 6.16. The topological polar surface area (TPSA) is 3.24 Å². The van der Waals surface area contributed by atoms with Crippen molar-refractivity contribution in [2.75, 3.05) is 4.90 Å². The molecule has 1 atom stereocenters. The fourth-order valence-corrected chi connectivity index (χ4v) is 10.4. The first kappa shape index (κ1) is 33.2. The number of rotatable bonds is 5. The van der Waals surface area contributed by atoms with Crippen LogP contribution >= 0.6 is 0 Å². The second-order valence-electron chi connectivity index (χ2n) is 16.0. The summed E-state index contributed by atoms with van der Waals surface area (Å²) in [5.74, 6) is 2.97. The minimum atomic E-state index is -0.604. The molecule has 11 rings (SSSR count). The molecule has 8 aromatic rings. The van der Waals surface area contributed by atoms with Crippen LogP contribution in [0.15, 0.2) is 183 Å². The highest BCUT2D eigenvalue weighted by Crippen LogP contribution is 2.65. The van der Waals surface area contributed by atoms with Gasteiger partial charge in [0.05, 0.1) is 11.1 Å². The van der Waals surface area contributed by atoms with Gasteiger partial charge in [0.15, 0.2) is 0 Å². The number of hydrogen-bond acceptors (Lipinski definition) is 1. The summed E-state index contributed by atoms with van der Waals surface area (Å²) in [7, 11) is 0. The van der Waals surface area contributed by atoms with E-state index in [1.54, 1.807) is 0 Å². The van der Waals surface area contributed by atoms with E-state index in [9.17, 15) is 0 Å². The molecule has 0 aliphatic heterocycles. The van der Waals surface area contributed by atoms with Crippen LogP contribution in [0, 0.1) is 12.3 Å². The third-order valence-corrected chi connectivity index (χ3v) is 12.9. The summed E-state index contributed by atoms with van der Waals surface area (Å²) < 4.78 is 0. The summed E-state index contributed by atoms with van der Waals surface area (Å²) in [6.45, 7) is 8.91. The minimum absolute atomic E-state index is 0.132. The Kier molecular flexibility index (Phi) is 7.10. The van der Waals surface area contributed by atoms with Crippen LogP contribution in [0.25, 0.3) is 50.6 Å². The standard InChI is InChI=1S/C56H39N/c1-5-36-27-30-43-44-31-28-37(6-2)34-52(44)56(51(43)33-36)49-25-14-11-20-41(49)46-22-16-23-47(54(46)56)45-21-12-15-26-53(45)57(38-17-8-7-9-18-38)39-29-32-42-40-19-10-13-24-48(40)55(3,4)50(42)35-39/h1,6-35H,2H2,3-4H3. The molecule has 0 N–H and O–H groups in total. The van der Waals surface area contributed by atoms with Crippen molar-refractivity contribution >= 4 is 23.1 Å². The molecule has 3 aliphatic rings. The molecule has 1 heteroatoms. The van der Waals surface area contributed by atoms with Gasteiger partial charge in [0.25, 0.3) is 0 Å². The molecule has 0 heterocycles. The molecule has 8 aromatic carbocycles. The normalized spacial score (nSPS) is 15.8. The van der Waals surface area contributed by atoms with Crippen molar-refractivity contribution in [3.63, 3.8) is 0 Å². The van der Waals surface area contributed by atoms with Gasteiger partial charge in [-0.3, -0.25) is 0 Å². The van der Waals surface area contributed by atoms with E-state index >= 15 is 0 Å². The summed E-state index contributed by atoms with van der Waals surface area (Å²) in [4.78, 5) is 2.45. The molecule has 1 spiro atoms. The monoisotopic (exact) mass is 725 g/mol. The molecule has 0 radical (unpaired) electrons. The van der Waals surface area contributed by atoms with Crippen LogP contribution in [0.3, 0.4) is 0 Å². The summed E-state index contributed by atoms with van der Waals surface area (Å²) in [5.41, 5.74) is 22.3. The highest BCUT2D eigenvalue weighted by Gasteiger charge is 2.53. The summed E-state index contributed by atoms with van der Waals surface area (Å²) in [5, 5.41) is 0. The Bertz CT molecular complexity index is 3030. The molecule has 0 saturated carbocycles. The number of nitrogens with zero attached hydrogens (tertiary/aromatic N) is 1. The second kappa shape index (κ2) is 12.2. The highest BCUT2D eigenvalue weighted by atomic mass is 15.1. The SMILES string of the molecule is C#Cc1ccc2c(c1)C1(c3cc(C=C)ccc3-2)c2ccccc2-c2cccc(-c3ccccc3N(c3ccccc3)c3ccc4c(c3)C(C)(C)c3ccccc3-4)c21. The van der Waals surface area contributed by atoms with E-state index in [1.165, 1.54) is 72.3 Å². The van der Waals surface area contributed by atoms with Crippen LogP contribution in [0.4, 0.5) is 17.1 Å². The molecule has 0 saturated heterocycles. The summed E-state index contributed by atoms with van der Waals surface area (Å²) in [6.07, 6.45) is 8.12. The largest absolute Gasteiger partial charge is 0.310 e. The fraction of sp³-hybridized carbons (Fsp3) is 0.0714. The van der Waals surface area contributed by atoms with Gasteiger partial charge in [-0.2, -0.15) is 0 Å². The van der Waals surface area contributed by atoms with Crippen molar-refractivity contribution in [1.29, 1.82) is 0 Å². The van der Waals surface area contributed by atoms with Gasteiger partial charge in [0, 0.05) is 27.9 Å². The number of fused-ring (bicyclic) bond motifs is 13. The van der Waals surface area contributed by atoms with Crippen LogP contribution in [-0.2, 0) is 10.8 Å². The van der Waals surface area contributed by atoms with Crippen molar-refractivity contribution in [2.45, 2.75) is 24.7 Å². The van der Waals surface area contributed by atoms with Gasteiger partial charge in [-0.05, 0) is 126 Å². The van der Waals surface area contributed by atoms with Gasteiger partial charge in [0.1, 0.15) is 0 Å². The molecule has 0 aromatic heterocycles. The third kappa shape index (κ3) is 4.47. The maximum atomic E-state index is 6.16. The lowest BCUT2D eigenvalue weighted by molar-refractivity contribution is 0.660. The van der Waals surface area contributed by atoms with Gasteiger partial charge in [0.2, 0.25) is 0 Å². The van der Waals surface area contributed by atoms with Crippen LogP contribution in [-0.4, -0.2) is 0 Å². The van der Waals surface area contributed by atoms with E-state index in [0.29, 0.717) is 0 Å². The Labute approximate surface area is 335 Å². The molecular formula is C56H39N. The lowest BCUT2D eigenvalue weighted by Crippen LogP contribution is -2.27. The van der Waals surface area contributed by atoms with E-state index in [2.05, 4.69) is 207 Å². The minimum Gasteiger partial charge on any atom is -0.310 e. The van der Waals surface area contributed by atoms with E-state index in [4.69, 9.17) is 6.42 Å². The van der Waals surface area contributed by atoms with Crippen LogP contribution in [0.5, 0.6) is 0 Å². The smallest absolute Gasteiger partial charge is 0.0732 e. The number of benzene rings is 8.